The Balaban J connectivity index is 2.17. The molecule has 0 atom stereocenters. The molecule has 0 amide bonds. The number of carbonyl (C=O) groups is 5. The Labute approximate surface area is 235 Å². The number of rotatable bonds is 21. The predicted octanol–water partition coefficient (Wildman–Crippen LogP) is -0.634. The summed E-state index contributed by atoms with van der Waals surface area (Å²) >= 11 is 0. The maximum Gasteiger partial charge on any atom is 0.317 e. The SMILES string of the molecule is O=C(O)CN(CCN(CC(=O)O)CC(=O)O)CCN(CCN(CC(=O)O)CC(=O)O)Cc1ccc2ccccc2n1. The number of carboxylic acid groups (broad SMARTS) is 5. The molecule has 224 valence electrons. The Hall–Kier alpha value is -4.18. The maximum atomic E-state index is 11.5. The monoisotopic (exact) mass is 577 g/mol. The third kappa shape index (κ3) is 13.6. The van der Waals surface area contributed by atoms with Crippen molar-refractivity contribution < 1.29 is 49.5 Å². The van der Waals surface area contributed by atoms with Crippen LogP contribution in [0.2, 0.25) is 0 Å². The van der Waals surface area contributed by atoms with Gasteiger partial charge in [0.2, 0.25) is 0 Å². The van der Waals surface area contributed by atoms with Crippen LogP contribution in [-0.4, -0.2) is 152 Å². The van der Waals surface area contributed by atoms with E-state index >= 15 is 0 Å². The fourth-order valence-corrected chi connectivity index (χ4v) is 4.20. The van der Waals surface area contributed by atoms with Crippen LogP contribution in [-0.2, 0) is 30.5 Å². The van der Waals surface area contributed by atoms with Crippen LogP contribution in [0.25, 0.3) is 10.9 Å². The number of hydrogen-bond donors (Lipinski definition) is 5. The maximum absolute atomic E-state index is 11.5. The fraction of sp³-hybridized carbons (Fsp3) is 0.462. The molecule has 1 heterocycles. The Kier molecular flexibility index (Phi) is 13.5. The van der Waals surface area contributed by atoms with Crippen molar-refractivity contribution in [3.05, 3.63) is 42.1 Å². The summed E-state index contributed by atoms with van der Waals surface area (Å²) in [5.41, 5.74) is 1.47. The predicted molar refractivity (Wildman–Crippen MR) is 145 cm³/mol. The van der Waals surface area contributed by atoms with E-state index in [1.165, 1.54) is 9.80 Å². The minimum atomic E-state index is -1.21. The van der Waals surface area contributed by atoms with Gasteiger partial charge in [0.25, 0.3) is 0 Å². The van der Waals surface area contributed by atoms with E-state index < -0.39 is 56.0 Å². The number of nitrogens with zero attached hydrogens (tertiary/aromatic N) is 5. The van der Waals surface area contributed by atoms with Gasteiger partial charge in [-0.15, -0.1) is 0 Å². The summed E-state index contributed by atoms with van der Waals surface area (Å²) in [4.78, 5) is 66.8. The first-order chi connectivity index (χ1) is 19.4. The second kappa shape index (κ2) is 16.8. The normalized spacial score (nSPS) is 11.5. The van der Waals surface area contributed by atoms with Crippen LogP contribution in [0.3, 0.4) is 0 Å². The first kappa shape index (κ1) is 33.0. The first-order valence-corrected chi connectivity index (χ1v) is 12.7. The van der Waals surface area contributed by atoms with Crippen LogP contribution in [0.5, 0.6) is 0 Å². The van der Waals surface area contributed by atoms with Crippen molar-refractivity contribution in [2.24, 2.45) is 0 Å². The van der Waals surface area contributed by atoms with Crippen molar-refractivity contribution in [1.29, 1.82) is 0 Å². The largest absolute Gasteiger partial charge is 0.480 e. The number of para-hydroxylation sites is 1. The summed E-state index contributed by atoms with van der Waals surface area (Å²) in [6.07, 6.45) is 0. The van der Waals surface area contributed by atoms with Gasteiger partial charge in [-0.05, 0) is 12.1 Å². The zero-order valence-corrected chi connectivity index (χ0v) is 22.5. The van der Waals surface area contributed by atoms with Crippen molar-refractivity contribution in [3.8, 4) is 0 Å². The zero-order valence-electron chi connectivity index (χ0n) is 22.5. The average molecular weight is 578 g/mol. The van der Waals surface area contributed by atoms with Gasteiger partial charge < -0.3 is 25.5 Å². The number of pyridine rings is 1. The van der Waals surface area contributed by atoms with E-state index in [-0.39, 0.29) is 45.8 Å². The van der Waals surface area contributed by atoms with Gasteiger partial charge in [0, 0.05) is 51.2 Å². The minimum Gasteiger partial charge on any atom is -0.480 e. The topological polar surface area (TPSA) is 212 Å². The summed E-state index contributed by atoms with van der Waals surface area (Å²) in [6.45, 7) is -1.11. The van der Waals surface area contributed by atoms with Crippen LogP contribution < -0.4 is 0 Å². The van der Waals surface area contributed by atoms with Crippen LogP contribution in [0.4, 0.5) is 0 Å². The third-order valence-corrected chi connectivity index (χ3v) is 6.03. The van der Waals surface area contributed by atoms with Gasteiger partial charge in [-0.3, -0.25) is 48.6 Å². The molecule has 1 aromatic carbocycles. The number of aromatic nitrogens is 1. The van der Waals surface area contributed by atoms with Crippen LogP contribution >= 0.6 is 0 Å². The number of benzene rings is 1. The number of fused-ring (bicyclic) bond motifs is 1. The highest BCUT2D eigenvalue weighted by Gasteiger charge is 2.19. The molecule has 0 unspecified atom stereocenters. The van der Waals surface area contributed by atoms with Crippen LogP contribution in [0.15, 0.2) is 36.4 Å². The molecule has 0 saturated carbocycles. The van der Waals surface area contributed by atoms with E-state index in [4.69, 9.17) is 10.2 Å². The Morgan fingerprint density at radius 2 is 0.902 bits per heavy atom. The van der Waals surface area contributed by atoms with Crippen molar-refractivity contribution in [1.82, 2.24) is 24.6 Å². The molecule has 1 aromatic heterocycles. The highest BCUT2D eigenvalue weighted by atomic mass is 16.4. The van der Waals surface area contributed by atoms with E-state index in [1.54, 1.807) is 4.90 Å². The van der Waals surface area contributed by atoms with Gasteiger partial charge in [0.05, 0.1) is 43.9 Å². The zero-order chi connectivity index (χ0) is 30.4. The van der Waals surface area contributed by atoms with E-state index in [0.29, 0.717) is 12.2 Å². The second-order valence-electron chi connectivity index (χ2n) is 9.44. The standard InChI is InChI=1S/C26H35N5O10/c32-22(33)14-29(10-12-31(17-25(38)39)18-26(40)41)8-7-28(9-11-30(15-23(34)35)16-24(36)37)13-20-6-5-19-3-1-2-4-21(19)27-20/h1-6H,7-18H2,(H,32,33)(H,34,35)(H,36,37)(H,38,39)(H,40,41). The Morgan fingerprint density at radius 1 is 0.512 bits per heavy atom. The lowest BCUT2D eigenvalue weighted by molar-refractivity contribution is -0.144. The molecule has 0 saturated heterocycles. The van der Waals surface area contributed by atoms with Crippen molar-refractivity contribution in [2.45, 2.75) is 6.54 Å². The lowest BCUT2D eigenvalue weighted by Gasteiger charge is -2.29. The first-order valence-electron chi connectivity index (χ1n) is 12.7. The summed E-state index contributed by atoms with van der Waals surface area (Å²) in [5.74, 6) is -5.89. The summed E-state index contributed by atoms with van der Waals surface area (Å²) in [5, 5.41) is 46.8. The molecule has 2 rings (SSSR count). The molecule has 0 aliphatic heterocycles. The molecule has 2 aromatic rings. The molecule has 0 aliphatic rings. The van der Waals surface area contributed by atoms with Crippen molar-refractivity contribution in [3.63, 3.8) is 0 Å². The van der Waals surface area contributed by atoms with Gasteiger partial charge in [0.15, 0.2) is 0 Å². The molecule has 0 radical (unpaired) electrons. The number of carboxylic acids is 5. The number of aliphatic carboxylic acids is 5. The lowest BCUT2D eigenvalue weighted by atomic mass is 10.2. The molecule has 5 N–H and O–H groups in total. The van der Waals surface area contributed by atoms with E-state index in [0.717, 1.165) is 10.9 Å². The van der Waals surface area contributed by atoms with E-state index in [9.17, 15) is 39.3 Å². The van der Waals surface area contributed by atoms with Gasteiger partial charge >= 0.3 is 29.8 Å². The quantitative estimate of drug-likeness (QED) is 0.125. The van der Waals surface area contributed by atoms with Crippen molar-refractivity contribution in [2.75, 3.05) is 72.0 Å². The molecule has 0 aliphatic carbocycles. The van der Waals surface area contributed by atoms with Gasteiger partial charge in [-0.1, -0.05) is 24.3 Å². The van der Waals surface area contributed by atoms with Gasteiger partial charge in [-0.2, -0.15) is 0 Å². The van der Waals surface area contributed by atoms with Gasteiger partial charge in [-0.25, -0.2) is 0 Å². The van der Waals surface area contributed by atoms with Crippen molar-refractivity contribution >= 4 is 40.7 Å². The molecule has 15 nitrogen and oxygen atoms in total. The van der Waals surface area contributed by atoms with Crippen LogP contribution in [0, 0.1) is 0 Å². The molecule has 0 fully saturated rings. The molecule has 15 heteroatoms. The Bertz CT molecular complexity index is 1180. The molecular formula is C26H35N5O10. The van der Waals surface area contributed by atoms with Crippen LogP contribution in [0.1, 0.15) is 5.69 Å². The van der Waals surface area contributed by atoms with E-state index in [2.05, 4.69) is 4.98 Å². The molecule has 0 bridgehead atoms. The second-order valence-corrected chi connectivity index (χ2v) is 9.44. The number of hydrogen-bond acceptors (Lipinski definition) is 10. The lowest BCUT2D eigenvalue weighted by Crippen LogP contribution is -2.45. The summed E-state index contributed by atoms with van der Waals surface area (Å²) in [7, 11) is 0. The molecular weight excluding hydrogens is 542 g/mol. The smallest absolute Gasteiger partial charge is 0.317 e. The Morgan fingerprint density at radius 3 is 1.37 bits per heavy atom. The summed E-state index contributed by atoms with van der Waals surface area (Å²) < 4.78 is 0. The molecule has 0 spiro atoms. The highest BCUT2D eigenvalue weighted by molar-refractivity contribution is 5.78. The molecule has 41 heavy (non-hydrogen) atoms. The minimum absolute atomic E-state index is 0.00309. The third-order valence-electron chi connectivity index (χ3n) is 6.03. The highest BCUT2D eigenvalue weighted by Crippen LogP contribution is 2.13. The fourth-order valence-electron chi connectivity index (χ4n) is 4.20. The summed E-state index contributed by atoms with van der Waals surface area (Å²) in [6, 6.07) is 11.3. The van der Waals surface area contributed by atoms with E-state index in [1.807, 2.05) is 41.3 Å². The van der Waals surface area contributed by atoms with Gasteiger partial charge in [0.1, 0.15) is 0 Å². The average Bonchev–Trinajstić information content (AvgIpc) is 2.86.